The van der Waals surface area contributed by atoms with Crippen LogP contribution in [0.15, 0.2) is 18.2 Å². The summed E-state index contributed by atoms with van der Waals surface area (Å²) in [5.41, 5.74) is 0.504. The standard InChI is InChI=1S/C14H17Cl2NO2/c1-19-10-7-5-9(6-8-10)14(18)17-13-11(15)3-2-4-12(13)16/h2-4,9-10H,5-8H2,1H3,(H,17,18). The van der Waals surface area contributed by atoms with Crippen molar-refractivity contribution in [2.75, 3.05) is 12.4 Å². The zero-order valence-corrected chi connectivity index (χ0v) is 12.3. The lowest BCUT2D eigenvalue weighted by Crippen LogP contribution is -2.29. The van der Waals surface area contributed by atoms with Crippen LogP contribution in [0.2, 0.25) is 10.0 Å². The molecule has 1 saturated carbocycles. The Kier molecular flexibility index (Phi) is 5.08. The summed E-state index contributed by atoms with van der Waals surface area (Å²) in [5.74, 6) is 0.00305. The molecule has 0 bridgehead atoms. The molecule has 0 aliphatic heterocycles. The highest BCUT2D eigenvalue weighted by molar-refractivity contribution is 6.39. The van der Waals surface area contributed by atoms with Crippen molar-refractivity contribution in [3.8, 4) is 0 Å². The number of halogens is 2. The van der Waals surface area contributed by atoms with E-state index in [-0.39, 0.29) is 17.9 Å². The molecule has 3 nitrogen and oxygen atoms in total. The SMILES string of the molecule is COC1CCC(C(=O)Nc2c(Cl)cccc2Cl)CC1. The van der Waals surface area contributed by atoms with Crippen molar-refractivity contribution in [2.45, 2.75) is 31.8 Å². The number of carbonyl (C=O) groups is 1. The van der Waals surface area contributed by atoms with Gasteiger partial charge in [-0.2, -0.15) is 0 Å². The van der Waals surface area contributed by atoms with Gasteiger partial charge < -0.3 is 10.1 Å². The maximum Gasteiger partial charge on any atom is 0.227 e. The molecule has 0 unspecified atom stereocenters. The number of methoxy groups -OCH3 is 1. The van der Waals surface area contributed by atoms with E-state index >= 15 is 0 Å². The zero-order chi connectivity index (χ0) is 13.8. The first-order valence-electron chi connectivity index (χ1n) is 6.39. The molecule has 1 aliphatic carbocycles. The first-order valence-corrected chi connectivity index (χ1v) is 7.15. The highest BCUT2D eigenvalue weighted by Gasteiger charge is 2.26. The van der Waals surface area contributed by atoms with Crippen LogP contribution in [-0.4, -0.2) is 19.1 Å². The molecule has 0 aromatic heterocycles. The molecule has 1 amide bonds. The van der Waals surface area contributed by atoms with E-state index in [2.05, 4.69) is 5.32 Å². The Balaban J connectivity index is 1.98. The van der Waals surface area contributed by atoms with Crippen LogP contribution < -0.4 is 5.32 Å². The van der Waals surface area contributed by atoms with Crippen LogP contribution in [0.1, 0.15) is 25.7 Å². The third-order valence-corrected chi connectivity index (χ3v) is 4.22. The largest absolute Gasteiger partial charge is 0.381 e. The number of carbonyl (C=O) groups excluding carboxylic acids is 1. The number of anilines is 1. The van der Waals surface area contributed by atoms with E-state index in [0.717, 1.165) is 25.7 Å². The molecular weight excluding hydrogens is 285 g/mol. The molecule has 1 N–H and O–H groups in total. The Bertz CT molecular complexity index is 437. The van der Waals surface area contributed by atoms with Crippen LogP contribution in [-0.2, 0) is 9.53 Å². The van der Waals surface area contributed by atoms with Gasteiger partial charge in [0.25, 0.3) is 0 Å². The van der Waals surface area contributed by atoms with Gasteiger partial charge in [-0.25, -0.2) is 0 Å². The third kappa shape index (κ3) is 3.62. The second-order valence-electron chi connectivity index (χ2n) is 4.80. The van der Waals surface area contributed by atoms with E-state index in [9.17, 15) is 4.79 Å². The number of nitrogens with one attached hydrogen (secondary N) is 1. The van der Waals surface area contributed by atoms with Gasteiger partial charge >= 0.3 is 0 Å². The number of hydrogen-bond donors (Lipinski definition) is 1. The number of ether oxygens (including phenoxy) is 1. The highest BCUT2D eigenvalue weighted by atomic mass is 35.5. The molecule has 2 rings (SSSR count). The van der Waals surface area contributed by atoms with Gasteiger partial charge in [-0.1, -0.05) is 29.3 Å². The minimum absolute atomic E-state index is 0.00967. The quantitative estimate of drug-likeness (QED) is 0.911. The lowest BCUT2D eigenvalue weighted by atomic mass is 9.87. The molecule has 0 radical (unpaired) electrons. The Labute approximate surface area is 123 Å². The van der Waals surface area contributed by atoms with Crippen LogP contribution in [0.25, 0.3) is 0 Å². The summed E-state index contributed by atoms with van der Waals surface area (Å²) < 4.78 is 5.30. The fourth-order valence-electron chi connectivity index (χ4n) is 2.40. The van der Waals surface area contributed by atoms with Crippen molar-refractivity contribution >= 4 is 34.8 Å². The first-order chi connectivity index (χ1) is 9.11. The van der Waals surface area contributed by atoms with E-state index in [1.165, 1.54) is 0 Å². The summed E-state index contributed by atoms with van der Waals surface area (Å²) in [5, 5.41) is 3.77. The van der Waals surface area contributed by atoms with E-state index in [1.807, 2.05) is 0 Å². The van der Waals surface area contributed by atoms with E-state index in [4.69, 9.17) is 27.9 Å². The van der Waals surface area contributed by atoms with Crippen LogP contribution in [0.4, 0.5) is 5.69 Å². The Morgan fingerprint density at radius 2 is 1.79 bits per heavy atom. The molecule has 1 aromatic rings. The normalized spacial score (nSPS) is 23.1. The molecule has 1 fully saturated rings. The average Bonchev–Trinajstić information content (AvgIpc) is 2.43. The maximum absolute atomic E-state index is 12.2. The van der Waals surface area contributed by atoms with Gasteiger partial charge in [0, 0.05) is 13.0 Å². The number of hydrogen-bond acceptors (Lipinski definition) is 2. The predicted molar refractivity (Wildman–Crippen MR) is 77.8 cm³/mol. The lowest BCUT2D eigenvalue weighted by Gasteiger charge is -2.26. The molecule has 0 heterocycles. The van der Waals surface area contributed by atoms with Crippen molar-refractivity contribution < 1.29 is 9.53 Å². The summed E-state index contributed by atoms with van der Waals surface area (Å²) in [6.07, 6.45) is 3.81. The van der Waals surface area contributed by atoms with Crippen molar-refractivity contribution in [2.24, 2.45) is 5.92 Å². The van der Waals surface area contributed by atoms with Crippen molar-refractivity contribution in [3.05, 3.63) is 28.2 Å². The van der Waals surface area contributed by atoms with Gasteiger partial charge in [0.05, 0.1) is 21.8 Å². The molecule has 104 valence electrons. The van der Waals surface area contributed by atoms with E-state index in [1.54, 1.807) is 25.3 Å². The summed E-state index contributed by atoms with van der Waals surface area (Å²) >= 11 is 12.1. The molecule has 5 heteroatoms. The molecule has 1 aliphatic rings. The maximum atomic E-state index is 12.2. The number of benzene rings is 1. The Morgan fingerprint density at radius 1 is 1.21 bits per heavy atom. The lowest BCUT2D eigenvalue weighted by molar-refractivity contribution is -0.121. The highest BCUT2D eigenvalue weighted by Crippen LogP contribution is 2.32. The number of para-hydroxylation sites is 1. The van der Waals surface area contributed by atoms with Gasteiger partial charge in [-0.15, -0.1) is 0 Å². The molecule has 0 atom stereocenters. The molecule has 1 aromatic carbocycles. The van der Waals surface area contributed by atoms with Crippen LogP contribution >= 0.6 is 23.2 Å². The summed E-state index contributed by atoms with van der Waals surface area (Å²) in [6.45, 7) is 0. The average molecular weight is 302 g/mol. The van der Waals surface area contributed by atoms with Crippen molar-refractivity contribution in [3.63, 3.8) is 0 Å². The van der Waals surface area contributed by atoms with Crippen LogP contribution in [0.5, 0.6) is 0 Å². The molecule has 0 spiro atoms. The van der Waals surface area contributed by atoms with Gasteiger partial charge in [-0.3, -0.25) is 4.79 Å². The van der Waals surface area contributed by atoms with Gasteiger partial charge in [0.1, 0.15) is 0 Å². The minimum Gasteiger partial charge on any atom is -0.381 e. The van der Waals surface area contributed by atoms with Crippen LogP contribution in [0, 0.1) is 5.92 Å². The van der Waals surface area contributed by atoms with Gasteiger partial charge in [0.15, 0.2) is 0 Å². The van der Waals surface area contributed by atoms with E-state index in [0.29, 0.717) is 15.7 Å². The van der Waals surface area contributed by atoms with Gasteiger partial charge in [0.2, 0.25) is 5.91 Å². The molecular formula is C14H17Cl2NO2. The monoisotopic (exact) mass is 301 g/mol. The Hall–Kier alpha value is -0.770. The first kappa shape index (κ1) is 14.6. The zero-order valence-electron chi connectivity index (χ0n) is 10.8. The molecule has 0 saturated heterocycles. The van der Waals surface area contributed by atoms with E-state index < -0.39 is 0 Å². The Morgan fingerprint density at radius 3 is 2.32 bits per heavy atom. The fourth-order valence-corrected chi connectivity index (χ4v) is 2.90. The fraction of sp³-hybridized carbons (Fsp3) is 0.500. The summed E-state index contributed by atoms with van der Waals surface area (Å²) in [4.78, 5) is 12.2. The van der Waals surface area contributed by atoms with Crippen molar-refractivity contribution in [1.29, 1.82) is 0 Å². The summed E-state index contributed by atoms with van der Waals surface area (Å²) in [6, 6.07) is 5.18. The number of rotatable bonds is 3. The topological polar surface area (TPSA) is 38.3 Å². The predicted octanol–water partition coefficient (Wildman–Crippen LogP) is 4.14. The minimum atomic E-state index is -0.00967. The van der Waals surface area contributed by atoms with Crippen LogP contribution in [0.3, 0.4) is 0 Å². The second-order valence-corrected chi connectivity index (χ2v) is 5.61. The second kappa shape index (κ2) is 6.60. The molecule has 19 heavy (non-hydrogen) atoms. The van der Waals surface area contributed by atoms with Crippen molar-refractivity contribution in [1.82, 2.24) is 0 Å². The number of amides is 1. The van der Waals surface area contributed by atoms with Gasteiger partial charge in [-0.05, 0) is 37.8 Å². The smallest absolute Gasteiger partial charge is 0.227 e. The third-order valence-electron chi connectivity index (χ3n) is 3.59. The summed E-state index contributed by atoms with van der Waals surface area (Å²) in [7, 11) is 1.72.